The molecule has 2 aromatic rings. The fourth-order valence-corrected chi connectivity index (χ4v) is 4.47. The predicted molar refractivity (Wildman–Crippen MR) is 152 cm³/mol. The zero-order valence-electron chi connectivity index (χ0n) is 23.3. The summed E-state index contributed by atoms with van der Waals surface area (Å²) in [5.41, 5.74) is 4.77. The van der Waals surface area contributed by atoms with Crippen LogP contribution >= 0.6 is 11.8 Å². The van der Waals surface area contributed by atoms with E-state index in [1.54, 1.807) is 44.4 Å². The largest absolute Gasteiger partial charge is 0.444 e. The van der Waals surface area contributed by atoms with Crippen molar-refractivity contribution < 1.29 is 27.8 Å². The van der Waals surface area contributed by atoms with Crippen molar-refractivity contribution in [3.05, 3.63) is 35.5 Å². The van der Waals surface area contributed by atoms with Gasteiger partial charge in [0.25, 0.3) is 5.91 Å². The quantitative estimate of drug-likeness (QED) is 0.309. The number of rotatable bonds is 11. The number of carbonyl (C=O) groups excluding carboxylic acids is 2. The van der Waals surface area contributed by atoms with Crippen LogP contribution in [0.4, 0.5) is 36.7 Å². The minimum Gasteiger partial charge on any atom is -0.444 e. The zero-order chi connectivity index (χ0) is 29.4. The molecule has 2 amide bonds. The SMILES string of the molecule is CSCC[C@@H](Nc1nc(Nc2cnc(N3CCOCC3)c(F)c2)c(C(N)=O)cc1F)[C@H](C)NC(=O)OC(C)(C)C. The summed E-state index contributed by atoms with van der Waals surface area (Å²) in [6.07, 6.45) is 3.27. The van der Waals surface area contributed by atoms with Gasteiger partial charge in [0, 0.05) is 31.2 Å². The molecule has 0 bridgehead atoms. The average Bonchev–Trinajstić information content (AvgIpc) is 2.87. The van der Waals surface area contributed by atoms with Gasteiger partial charge in [-0.1, -0.05) is 0 Å². The summed E-state index contributed by atoms with van der Waals surface area (Å²) in [5.74, 6) is -1.66. The lowest BCUT2D eigenvalue weighted by molar-refractivity contribution is 0.0503. The number of ether oxygens (including phenoxy) is 2. The smallest absolute Gasteiger partial charge is 0.407 e. The number of thioether (sulfide) groups is 1. The Kier molecular flexibility index (Phi) is 10.7. The first-order chi connectivity index (χ1) is 18.9. The van der Waals surface area contributed by atoms with E-state index in [9.17, 15) is 14.0 Å². The Bertz CT molecular complexity index is 1190. The Morgan fingerprint density at radius 2 is 1.90 bits per heavy atom. The highest BCUT2D eigenvalue weighted by molar-refractivity contribution is 7.98. The van der Waals surface area contributed by atoms with Crippen LogP contribution < -0.4 is 26.6 Å². The van der Waals surface area contributed by atoms with Crippen molar-refractivity contribution in [2.75, 3.05) is 53.8 Å². The van der Waals surface area contributed by atoms with E-state index in [-0.39, 0.29) is 28.7 Å². The number of halogens is 2. The topological polar surface area (TPSA) is 144 Å². The molecule has 2 aromatic heterocycles. The van der Waals surface area contributed by atoms with Crippen molar-refractivity contribution in [2.45, 2.75) is 51.8 Å². The lowest BCUT2D eigenvalue weighted by Crippen LogP contribution is -2.47. The molecule has 0 unspecified atom stereocenters. The summed E-state index contributed by atoms with van der Waals surface area (Å²) in [5, 5.41) is 8.65. The van der Waals surface area contributed by atoms with E-state index in [0.717, 1.165) is 6.07 Å². The third kappa shape index (κ3) is 8.81. The van der Waals surface area contributed by atoms with Crippen molar-refractivity contribution >= 4 is 46.9 Å². The molecule has 0 spiro atoms. The fourth-order valence-electron chi connectivity index (χ4n) is 3.98. The summed E-state index contributed by atoms with van der Waals surface area (Å²) in [6, 6.07) is 1.26. The molecule has 11 nitrogen and oxygen atoms in total. The van der Waals surface area contributed by atoms with Gasteiger partial charge in [0.15, 0.2) is 23.3 Å². The number of amides is 2. The van der Waals surface area contributed by atoms with Crippen molar-refractivity contribution in [1.29, 1.82) is 0 Å². The highest BCUT2D eigenvalue weighted by Crippen LogP contribution is 2.27. The Labute approximate surface area is 237 Å². The number of nitrogens with zero attached hydrogens (tertiary/aromatic N) is 3. The van der Waals surface area contributed by atoms with E-state index in [2.05, 4.69) is 25.9 Å². The van der Waals surface area contributed by atoms with Gasteiger partial charge in [-0.05, 0) is 52.2 Å². The van der Waals surface area contributed by atoms with Crippen LogP contribution in [-0.4, -0.2) is 78.0 Å². The van der Waals surface area contributed by atoms with E-state index in [1.807, 2.05) is 6.26 Å². The summed E-state index contributed by atoms with van der Waals surface area (Å²) in [7, 11) is 0. The van der Waals surface area contributed by atoms with Crippen molar-refractivity contribution in [2.24, 2.45) is 5.73 Å². The second-order valence-corrected chi connectivity index (χ2v) is 11.3. The second-order valence-electron chi connectivity index (χ2n) is 10.3. The third-order valence-corrected chi connectivity index (χ3v) is 6.58. The maximum absolute atomic E-state index is 15.1. The van der Waals surface area contributed by atoms with Gasteiger partial charge in [0.05, 0.1) is 30.7 Å². The number of hydrogen-bond donors (Lipinski definition) is 4. The van der Waals surface area contributed by atoms with E-state index in [0.29, 0.717) is 38.5 Å². The van der Waals surface area contributed by atoms with E-state index in [4.69, 9.17) is 15.2 Å². The van der Waals surface area contributed by atoms with Gasteiger partial charge < -0.3 is 36.1 Å². The molecule has 5 N–H and O–H groups in total. The standard InChI is InChI=1S/C26H37F2N7O4S/c1-15(31-25(37)39-26(2,3)4)20(6-11-40-5)33-23-18(27)13-17(21(29)36)22(34-23)32-16-12-19(28)24(30-14-16)35-7-9-38-10-8-35/h12-15,20H,6-11H2,1-5H3,(H2,29,36)(H,31,37)(H2,32,33,34)/t15-,20+/m0/s1. The minimum atomic E-state index is -0.919. The lowest BCUT2D eigenvalue weighted by Gasteiger charge is -2.28. The molecule has 1 fully saturated rings. The summed E-state index contributed by atoms with van der Waals surface area (Å²) < 4.78 is 40.7. The minimum absolute atomic E-state index is 0.0758. The van der Waals surface area contributed by atoms with Crippen molar-refractivity contribution in [3.63, 3.8) is 0 Å². The molecular weight excluding hydrogens is 544 g/mol. The zero-order valence-corrected chi connectivity index (χ0v) is 24.2. The molecule has 2 atom stereocenters. The molecule has 0 aromatic carbocycles. The molecule has 14 heteroatoms. The molecule has 1 aliphatic heterocycles. The number of anilines is 4. The van der Waals surface area contributed by atoms with Crippen molar-refractivity contribution in [1.82, 2.24) is 15.3 Å². The van der Waals surface area contributed by atoms with Crippen LogP contribution in [0.1, 0.15) is 44.5 Å². The molecule has 220 valence electrons. The third-order valence-electron chi connectivity index (χ3n) is 5.94. The highest BCUT2D eigenvalue weighted by atomic mass is 32.2. The number of primary amides is 1. The molecule has 3 rings (SSSR count). The first-order valence-electron chi connectivity index (χ1n) is 12.9. The number of hydrogen-bond acceptors (Lipinski definition) is 10. The Morgan fingerprint density at radius 3 is 2.50 bits per heavy atom. The highest BCUT2D eigenvalue weighted by Gasteiger charge is 2.25. The number of nitrogens with two attached hydrogens (primary N) is 1. The molecule has 3 heterocycles. The lowest BCUT2D eigenvalue weighted by atomic mass is 10.1. The number of carbonyl (C=O) groups is 2. The van der Waals surface area contributed by atoms with Gasteiger partial charge in [-0.25, -0.2) is 23.5 Å². The number of alkyl carbamates (subject to hydrolysis) is 1. The van der Waals surface area contributed by atoms with Crippen LogP contribution in [0.5, 0.6) is 0 Å². The molecule has 1 saturated heterocycles. The van der Waals surface area contributed by atoms with Gasteiger partial charge in [-0.2, -0.15) is 11.8 Å². The Balaban J connectivity index is 1.85. The van der Waals surface area contributed by atoms with Crippen LogP contribution in [0.15, 0.2) is 18.3 Å². The molecular formula is C26H37F2N7O4S. The van der Waals surface area contributed by atoms with E-state index in [1.165, 1.54) is 12.3 Å². The molecule has 0 aliphatic carbocycles. The van der Waals surface area contributed by atoms with Gasteiger partial charge in [0.1, 0.15) is 11.4 Å². The molecule has 0 radical (unpaired) electrons. The first kappa shape index (κ1) is 31.1. The molecule has 40 heavy (non-hydrogen) atoms. The van der Waals surface area contributed by atoms with Gasteiger partial charge in [-0.3, -0.25) is 4.79 Å². The van der Waals surface area contributed by atoms with Crippen LogP contribution in [0.25, 0.3) is 0 Å². The predicted octanol–water partition coefficient (Wildman–Crippen LogP) is 3.88. The normalized spacial score (nSPS) is 15.2. The number of aromatic nitrogens is 2. The van der Waals surface area contributed by atoms with Gasteiger partial charge >= 0.3 is 6.09 Å². The maximum Gasteiger partial charge on any atom is 0.407 e. The van der Waals surface area contributed by atoms with Crippen LogP contribution in [-0.2, 0) is 9.47 Å². The van der Waals surface area contributed by atoms with Crippen LogP contribution in [0, 0.1) is 11.6 Å². The maximum atomic E-state index is 15.1. The Morgan fingerprint density at radius 1 is 1.20 bits per heavy atom. The molecule has 1 aliphatic rings. The monoisotopic (exact) mass is 581 g/mol. The number of pyridine rings is 2. The number of nitrogens with one attached hydrogen (secondary N) is 3. The first-order valence-corrected chi connectivity index (χ1v) is 14.3. The van der Waals surface area contributed by atoms with Crippen LogP contribution in [0.2, 0.25) is 0 Å². The average molecular weight is 582 g/mol. The fraction of sp³-hybridized carbons (Fsp3) is 0.538. The summed E-state index contributed by atoms with van der Waals surface area (Å²) >= 11 is 1.59. The number of morpholine rings is 1. The Hall–Kier alpha value is -3.39. The van der Waals surface area contributed by atoms with E-state index >= 15 is 4.39 Å². The van der Waals surface area contributed by atoms with Gasteiger partial charge in [0.2, 0.25) is 0 Å². The van der Waals surface area contributed by atoms with Crippen molar-refractivity contribution in [3.8, 4) is 0 Å². The van der Waals surface area contributed by atoms with Crippen LogP contribution in [0.3, 0.4) is 0 Å². The molecule has 0 saturated carbocycles. The van der Waals surface area contributed by atoms with E-state index < -0.39 is 41.3 Å². The summed E-state index contributed by atoms with van der Waals surface area (Å²) in [6.45, 7) is 9.00. The summed E-state index contributed by atoms with van der Waals surface area (Å²) in [4.78, 5) is 34.7. The van der Waals surface area contributed by atoms with Gasteiger partial charge in [-0.15, -0.1) is 0 Å². The second kappa shape index (κ2) is 13.8.